The number of ether oxygens (including phenoxy) is 2. The number of likely N-dealkylation sites (tertiary alicyclic amines) is 1. The highest BCUT2D eigenvalue weighted by atomic mass is 32.2. The molecular weight excluding hydrogens is 308 g/mol. The molecule has 0 N–H and O–H groups in total. The third kappa shape index (κ3) is 3.29. The number of amides is 1. The molecule has 0 radical (unpaired) electrons. The van der Waals surface area contributed by atoms with Crippen molar-refractivity contribution in [3.8, 4) is 0 Å². The van der Waals surface area contributed by atoms with Crippen LogP contribution in [0.4, 0.5) is 0 Å². The van der Waals surface area contributed by atoms with Crippen LogP contribution in [0, 0.1) is 5.92 Å². The molecule has 0 spiro atoms. The highest BCUT2D eigenvalue weighted by Gasteiger charge is 2.40. The second kappa shape index (κ2) is 6.43. The number of rotatable bonds is 2. The van der Waals surface area contributed by atoms with E-state index in [2.05, 4.69) is 0 Å². The average Bonchev–Trinajstić information content (AvgIpc) is 2.92. The maximum atomic E-state index is 12.5. The van der Waals surface area contributed by atoms with E-state index in [1.807, 2.05) is 4.90 Å². The molecular formula is C14H24N2O5S. The lowest BCUT2D eigenvalue weighted by Gasteiger charge is -2.38. The zero-order valence-corrected chi connectivity index (χ0v) is 13.8. The Hall–Kier alpha value is -0.700. The number of sulfonamides is 1. The predicted molar refractivity (Wildman–Crippen MR) is 79.8 cm³/mol. The van der Waals surface area contributed by atoms with Gasteiger partial charge in [0.2, 0.25) is 15.9 Å². The fourth-order valence-corrected chi connectivity index (χ4v) is 4.80. The molecule has 3 fully saturated rings. The summed E-state index contributed by atoms with van der Waals surface area (Å²) < 4.78 is 36.5. The Labute approximate surface area is 131 Å². The van der Waals surface area contributed by atoms with Gasteiger partial charge in [0, 0.05) is 26.2 Å². The van der Waals surface area contributed by atoms with Crippen LogP contribution in [0.15, 0.2) is 0 Å². The molecule has 3 saturated heterocycles. The minimum atomic E-state index is -3.24. The maximum Gasteiger partial charge on any atom is 0.228 e. The molecule has 0 bridgehead atoms. The fourth-order valence-electron chi connectivity index (χ4n) is 3.66. The van der Waals surface area contributed by atoms with Gasteiger partial charge in [-0.15, -0.1) is 0 Å². The van der Waals surface area contributed by atoms with Gasteiger partial charge >= 0.3 is 0 Å². The fraction of sp³-hybridized carbons (Fsp3) is 0.929. The molecule has 1 amide bonds. The van der Waals surface area contributed by atoms with Gasteiger partial charge in [-0.2, -0.15) is 4.31 Å². The van der Waals surface area contributed by atoms with Crippen LogP contribution >= 0.6 is 0 Å². The van der Waals surface area contributed by atoms with Crippen LogP contribution in [0.5, 0.6) is 0 Å². The van der Waals surface area contributed by atoms with E-state index in [0.29, 0.717) is 52.3 Å². The monoisotopic (exact) mass is 332 g/mol. The molecule has 3 atom stereocenters. The SMILES string of the molecule is CS(=O)(=O)N1CCO[C@@H]2CCN(C(=O)C3CCOC3)CC[C@H]21. The Kier molecular flexibility index (Phi) is 4.72. The number of hydrogen-bond donors (Lipinski definition) is 0. The zero-order chi connectivity index (χ0) is 15.7. The van der Waals surface area contributed by atoms with Gasteiger partial charge in [-0.1, -0.05) is 0 Å². The van der Waals surface area contributed by atoms with Crippen LogP contribution in [-0.4, -0.2) is 81.4 Å². The molecule has 8 heteroatoms. The van der Waals surface area contributed by atoms with E-state index in [0.717, 1.165) is 6.42 Å². The summed E-state index contributed by atoms with van der Waals surface area (Å²) >= 11 is 0. The van der Waals surface area contributed by atoms with Crippen molar-refractivity contribution in [3.05, 3.63) is 0 Å². The second-order valence-electron chi connectivity index (χ2n) is 6.31. The third-order valence-corrected chi connectivity index (χ3v) is 6.14. The lowest BCUT2D eigenvalue weighted by atomic mass is 10.0. The van der Waals surface area contributed by atoms with E-state index >= 15 is 0 Å². The van der Waals surface area contributed by atoms with Gasteiger partial charge in [0.15, 0.2) is 0 Å². The number of hydrogen-bond acceptors (Lipinski definition) is 5. The first-order valence-corrected chi connectivity index (χ1v) is 9.76. The van der Waals surface area contributed by atoms with Crippen molar-refractivity contribution in [3.63, 3.8) is 0 Å². The van der Waals surface area contributed by atoms with Gasteiger partial charge in [-0.05, 0) is 19.3 Å². The molecule has 3 aliphatic heterocycles. The summed E-state index contributed by atoms with van der Waals surface area (Å²) in [5, 5.41) is 0. The van der Waals surface area contributed by atoms with E-state index in [1.54, 1.807) is 4.31 Å². The first-order chi connectivity index (χ1) is 10.5. The Morgan fingerprint density at radius 2 is 1.86 bits per heavy atom. The van der Waals surface area contributed by atoms with Crippen molar-refractivity contribution in [1.82, 2.24) is 9.21 Å². The molecule has 3 heterocycles. The van der Waals surface area contributed by atoms with Gasteiger partial charge in [0.05, 0.1) is 37.5 Å². The minimum Gasteiger partial charge on any atom is -0.381 e. The summed E-state index contributed by atoms with van der Waals surface area (Å²) in [6, 6.07) is -0.152. The van der Waals surface area contributed by atoms with Gasteiger partial charge in [-0.3, -0.25) is 4.79 Å². The molecule has 1 unspecified atom stereocenters. The molecule has 3 rings (SSSR count). The third-order valence-electron chi connectivity index (χ3n) is 4.84. The predicted octanol–water partition coefficient (Wildman–Crippen LogP) is -0.326. The van der Waals surface area contributed by atoms with Crippen molar-refractivity contribution in [2.45, 2.75) is 31.4 Å². The summed E-state index contributed by atoms with van der Waals surface area (Å²) in [4.78, 5) is 14.4. The number of morpholine rings is 1. The van der Waals surface area contributed by atoms with Gasteiger partial charge in [0.1, 0.15) is 0 Å². The van der Waals surface area contributed by atoms with Gasteiger partial charge in [0.25, 0.3) is 0 Å². The van der Waals surface area contributed by atoms with Crippen LogP contribution < -0.4 is 0 Å². The van der Waals surface area contributed by atoms with Gasteiger partial charge < -0.3 is 14.4 Å². The summed E-state index contributed by atoms with van der Waals surface area (Å²) in [6.45, 7) is 3.22. The van der Waals surface area contributed by atoms with Crippen LogP contribution in [0.2, 0.25) is 0 Å². The van der Waals surface area contributed by atoms with Crippen molar-refractivity contribution >= 4 is 15.9 Å². The van der Waals surface area contributed by atoms with E-state index in [1.165, 1.54) is 6.26 Å². The molecule has 3 aliphatic rings. The van der Waals surface area contributed by atoms with Crippen LogP contribution in [0.3, 0.4) is 0 Å². The lowest BCUT2D eigenvalue weighted by Crippen LogP contribution is -2.53. The minimum absolute atomic E-state index is 0.0351. The smallest absolute Gasteiger partial charge is 0.228 e. The van der Waals surface area contributed by atoms with Crippen molar-refractivity contribution in [1.29, 1.82) is 0 Å². The Morgan fingerprint density at radius 1 is 1.09 bits per heavy atom. The largest absolute Gasteiger partial charge is 0.381 e. The van der Waals surface area contributed by atoms with Crippen molar-refractivity contribution in [2.75, 3.05) is 45.7 Å². The number of carbonyl (C=O) groups is 1. The zero-order valence-electron chi connectivity index (χ0n) is 12.9. The number of nitrogens with zero attached hydrogens (tertiary/aromatic N) is 2. The molecule has 0 aromatic rings. The first-order valence-electron chi connectivity index (χ1n) is 7.92. The molecule has 7 nitrogen and oxygen atoms in total. The average molecular weight is 332 g/mol. The molecule has 0 aromatic heterocycles. The molecule has 0 aromatic carbocycles. The van der Waals surface area contributed by atoms with Crippen LogP contribution in [-0.2, 0) is 24.3 Å². The Morgan fingerprint density at radius 3 is 2.55 bits per heavy atom. The molecule has 126 valence electrons. The van der Waals surface area contributed by atoms with E-state index < -0.39 is 10.0 Å². The molecule has 0 saturated carbocycles. The number of fused-ring (bicyclic) bond motifs is 1. The number of carbonyl (C=O) groups excluding carboxylic acids is 1. The molecule has 22 heavy (non-hydrogen) atoms. The summed E-state index contributed by atoms with van der Waals surface area (Å²) in [5.74, 6) is 0.106. The van der Waals surface area contributed by atoms with Crippen LogP contribution in [0.1, 0.15) is 19.3 Å². The topological polar surface area (TPSA) is 76.2 Å². The summed E-state index contributed by atoms with van der Waals surface area (Å²) in [6.07, 6.45) is 3.25. The van der Waals surface area contributed by atoms with Crippen LogP contribution in [0.25, 0.3) is 0 Å². The standard InChI is InChI=1S/C14H24N2O5S/c1-22(18,19)16-7-9-21-13-3-6-15(5-2-12(13)16)14(17)11-4-8-20-10-11/h11-13H,2-10H2,1H3/t11?,12-,13-/m1/s1. The highest BCUT2D eigenvalue weighted by molar-refractivity contribution is 7.88. The van der Waals surface area contributed by atoms with Crippen molar-refractivity contribution in [2.24, 2.45) is 5.92 Å². The summed E-state index contributed by atoms with van der Waals surface area (Å²) in [5.41, 5.74) is 0. The maximum absolute atomic E-state index is 12.5. The second-order valence-corrected chi connectivity index (χ2v) is 8.25. The van der Waals surface area contributed by atoms with E-state index in [4.69, 9.17) is 9.47 Å². The lowest BCUT2D eigenvalue weighted by molar-refractivity contribution is -0.135. The Bertz CT molecular complexity index is 517. The highest BCUT2D eigenvalue weighted by Crippen LogP contribution is 2.27. The van der Waals surface area contributed by atoms with E-state index in [-0.39, 0.29) is 24.0 Å². The quantitative estimate of drug-likeness (QED) is 0.692. The summed E-state index contributed by atoms with van der Waals surface area (Å²) in [7, 11) is -3.24. The first kappa shape index (κ1) is 16.2. The Balaban J connectivity index is 1.69. The molecule has 0 aliphatic carbocycles. The normalized spacial score (nSPS) is 34.2. The van der Waals surface area contributed by atoms with E-state index in [9.17, 15) is 13.2 Å². The van der Waals surface area contributed by atoms with Crippen molar-refractivity contribution < 1.29 is 22.7 Å². The van der Waals surface area contributed by atoms with Gasteiger partial charge in [-0.25, -0.2) is 8.42 Å².